The quantitative estimate of drug-likeness (QED) is 0.534. The molecular weight excluding hydrogens is 270 g/mol. The van der Waals surface area contributed by atoms with Crippen LogP contribution in [-0.4, -0.2) is 51.7 Å². The molecule has 1 rings (SSSR count). The summed E-state index contributed by atoms with van der Waals surface area (Å²) < 4.78 is 4.85. The van der Waals surface area contributed by atoms with E-state index in [-0.39, 0.29) is 11.8 Å². The molecule has 1 aliphatic rings. The van der Waals surface area contributed by atoms with Crippen molar-refractivity contribution in [1.29, 1.82) is 0 Å². The van der Waals surface area contributed by atoms with Crippen LogP contribution >= 0.6 is 0 Å². The Labute approximate surface area is 127 Å². The van der Waals surface area contributed by atoms with E-state index in [4.69, 9.17) is 4.74 Å². The maximum absolute atomic E-state index is 11.9. The van der Waals surface area contributed by atoms with Gasteiger partial charge in [-0.25, -0.2) is 0 Å². The summed E-state index contributed by atoms with van der Waals surface area (Å²) in [5.74, 6) is 0.949. The lowest BCUT2D eigenvalue weighted by molar-refractivity contribution is -0.123. The van der Waals surface area contributed by atoms with E-state index >= 15 is 0 Å². The highest BCUT2D eigenvalue weighted by Crippen LogP contribution is 2.22. The lowest BCUT2D eigenvalue weighted by atomic mass is 9.85. The first-order valence-corrected chi connectivity index (χ1v) is 7.86. The average Bonchev–Trinajstić information content (AvgIpc) is 2.48. The number of rotatable bonds is 9. The minimum atomic E-state index is -0.0584. The Kier molecular flexibility index (Phi) is 9.01. The summed E-state index contributed by atoms with van der Waals surface area (Å²) in [5, 5.41) is 8.93. The van der Waals surface area contributed by atoms with E-state index < -0.39 is 0 Å². The number of carbonyl (C=O) groups is 2. The van der Waals surface area contributed by atoms with Crippen molar-refractivity contribution in [2.45, 2.75) is 32.6 Å². The van der Waals surface area contributed by atoms with Crippen LogP contribution in [0.2, 0.25) is 0 Å². The molecular formula is C15H29N3O3. The summed E-state index contributed by atoms with van der Waals surface area (Å²) in [4.78, 5) is 23.3. The van der Waals surface area contributed by atoms with E-state index in [9.17, 15) is 9.59 Å². The number of hydrogen-bond acceptors (Lipinski definition) is 4. The fraction of sp³-hybridized carbons (Fsp3) is 0.867. The molecule has 0 aromatic rings. The second-order valence-electron chi connectivity index (χ2n) is 5.73. The molecule has 1 aliphatic heterocycles. The summed E-state index contributed by atoms with van der Waals surface area (Å²) in [7, 11) is 1.59. The molecule has 2 amide bonds. The molecule has 2 unspecified atom stereocenters. The molecule has 3 N–H and O–H groups in total. The number of ether oxygens (including phenoxy) is 1. The summed E-state index contributed by atoms with van der Waals surface area (Å²) in [6.07, 6.45) is 3.24. The third kappa shape index (κ3) is 8.02. The van der Waals surface area contributed by atoms with Gasteiger partial charge in [0, 0.05) is 33.0 Å². The predicted molar refractivity (Wildman–Crippen MR) is 81.9 cm³/mol. The van der Waals surface area contributed by atoms with Gasteiger partial charge in [-0.1, -0.05) is 6.92 Å². The second-order valence-corrected chi connectivity index (χ2v) is 5.73. The second kappa shape index (κ2) is 10.6. The van der Waals surface area contributed by atoms with Gasteiger partial charge in [-0.05, 0) is 37.8 Å². The van der Waals surface area contributed by atoms with Crippen LogP contribution in [-0.2, 0) is 14.3 Å². The van der Waals surface area contributed by atoms with Gasteiger partial charge in [-0.3, -0.25) is 9.59 Å². The van der Waals surface area contributed by atoms with Gasteiger partial charge in [0.2, 0.25) is 11.8 Å². The van der Waals surface area contributed by atoms with Crippen molar-refractivity contribution in [3.63, 3.8) is 0 Å². The molecule has 1 heterocycles. The van der Waals surface area contributed by atoms with Crippen molar-refractivity contribution in [3.8, 4) is 0 Å². The largest absolute Gasteiger partial charge is 0.383 e. The molecule has 0 aromatic carbocycles. The lowest BCUT2D eigenvalue weighted by Crippen LogP contribution is -2.36. The normalized spacial score (nSPS) is 19.8. The van der Waals surface area contributed by atoms with Crippen LogP contribution in [0.15, 0.2) is 0 Å². The van der Waals surface area contributed by atoms with Crippen LogP contribution in [0.4, 0.5) is 0 Å². The molecule has 1 fully saturated rings. The predicted octanol–water partition coefficient (Wildman–Crippen LogP) is 0.281. The third-order valence-corrected chi connectivity index (χ3v) is 3.95. The molecule has 0 aliphatic carbocycles. The molecule has 0 radical (unpaired) electrons. The van der Waals surface area contributed by atoms with Crippen molar-refractivity contribution in [3.05, 3.63) is 0 Å². The first-order valence-electron chi connectivity index (χ1n) is 7.86. The maximum Gasteiger partial charge on any atom is 0.221 e. The highest BCUT2D eigenvalue weighted by molar-refractivity contribution is 5.79. The summed E-state index contributed by atoms with van der Waals surface area (Å²) in [6.45, 7) is 5.64. The highest BCUT2D eigenvalue weighted by Gasteiger charge is 2.21. The Morgan fingerprint density at radius 2 is 2.05 bits per heavy atom. The molecule has 0 saturated carbocycles. The zero-order chi connectivity index (χ0) is 15.5. The van der Waals surface area contributed by atoms with Crippen molar-refractivity contribution < 1.29 is 14.3 Å². The number of amides is 2. The molecule has 21 heavy (non-hydrogen) atoms. The number of hydrogen-bond donors (Lipinski definition) is 3. The lowest BCUT2D eigenvalue weighted by Gasteiger charge is -2.28. The van der Waals surface area contributed by atoms with Crippen molar-refractivity contribution in [1.82, 2.24) is 16.0 Å². The zero-order valence-corrected chi connectivity index (χ0v) is 13.2. The average molecular weight is 299 g/mol. The van der Waals surface area contributed by atoms with Crippen LogP contribution in [0, 0.1) is 11.8 Å². The third-order valence-electron chi connectivity index (χ3n) is 3.95. The van der Waals surface area contributed by atoms with Gasteiger partial charge < -0.3 is 20.7 Å². The molecule has 122 valence electrons. The number of carbonyl (C=O) groups excluding carboxylic acids is 2. The molecule has 0 aromatic heterocycles. The van der Waals surface area contributed by atoms with Gasteiger partial charge in [0.1, 0.15) is 0 Å². The van der Waals surface area contributed by atoms with Gasteiger partial charge in [-0.2, -0.15) is 0 Å². The van der Waals surface area contributed by atoms with Gasteiger partial charge in [-0.15, -0.1) is 0 Å². The van der Waals surface area contributed by atoms with Crippen LogP contribution < -0.4 is 16.0 Å². The van der Waals surface area contributed by atoms with Gasteiger partial charge in [0.05, 0.1) is 6.61 Å². The maximum atomic E-state index is 11.9. The van der Waals surface area contributed by atoms with Gasteiger partial charge >= 0.3 is 0 Å². The van der Waals surface area contributed by atoms with Gasteiger partial charge in [0.15, 0.2) is 0 Å². The molecule has 0 spiro atoms. The first-order chi connectivity index (χ1) is 10.1. The van der Waals surface area contributed by atoms with E-state index in [1.165, 1.54) is 12.8 Å². The molecule has 6 heteroatoms. The first kappa shape index (κ1) is 17.9. The number of piperidine rings is 1. The number of methoxy groups -OCH3 is 1. The Hall–Kier alpha value is -1.14. The van der Waals surface area contributed by atoms with E-state index in [0.717, 1.165) is 13.1 Å². The standard InChI is InChI=1S/C15H29N3O3/c1-12(13-4-3-6-16-11-13)10-15(20)17-7-5-14(19)18-8-9-21-2/h12-13,16H,3-11H2,1-2H3,(H,17,20)(H,18,19). The molecule has 1 saturated heterocycles. The number of nitrogens with one attached hydrogen (secondary N) is 3. The zero-order valence-electron chi connectivity index (χ0n) is 13.2. The SMILES string of the molecule is COCCNC(=O)CCNC(=O)CC(C)C1CCCNC1. The fourth-order valence-corrected chi connectivity index (χ4v) is 2.59. The smallest absolute Gasteiger partial charge is 0.221 e. The minimum absolute atomic E-state index is 0.0396. The van der Waals surface area contributed by atoms with Crippen molar-refractivity contribution in [2.24, 2.45) is 11.8 Å². The van der Waals surface area contributed by atoms with Crippen LogP contribution in [0.5, 0.6) is 0 Å². The van der Waals surface area contributed by atoms with E-state index in [2.05, 4.69) is 22.9 Å². The van der Waals surface area contributed by atoms with Gasteiger partial charge in [0.25, 0.3) is 0 Å². The molecule has 0 bridgehead atoms. The summed E-state index contributed by atoms with van der Waals surface area (Å²) in [5.41, 5.74) is 0. The van der Waals surface area contributed by atoms with Crippen LogP contribution in [0.3, 0.4) is 0 Å². The van der Waals surface area contributed by atoms with Crippen molar-refractivity contribution in [2.75, 3.05) is 39.9 Å². The van der Waals surface area contributed by atoms with E-state index in [1.807, 2.05) is 0 Å². The summed E-state index contributed by atoms with van der Waals surface area (Å²) in [6, 6.07) is 0. The molecule has 2 atom stereocenters. The monoisotopic (exact) mass is 299 g/mol. The summed E-state index contributed by atoms with van der Waals surface area (Å²) >= 11 is 0. The Bertz CT molecular complexity index is 317. The minimum Gasteiger partial charge on any atom is -0.383 e. The topological polar surface area (TPSA) is 79.5 Å². The van der Waals surface area contributed by atoms with E-state index in [0.29, 0.717) is 44.4 Å². The fourth-order valence-electron chi connectivity index (χ4n) is 2.59. The van der Waals surface area contributed by atoms with Crippen LogP contribution in [0.1, 0.15) is 32.6 Å². The Balaban J connectivity index is 2.08. The Morgan fingerprint density at radius 1 is 1.29 bits per heavy atom. The van der Waals surface area contributed by atoms with Crippen molar-refractivity contribution >= 4 is 11.8 Å². The Morgan fingerprint density at radius 3 is 2.71 bits per heavy atom. The van der Waals surface area contributed by atoms with E-state index in [1.54, 1.807) is 7.11 Å². The highest BCUT2D eigenvalue weighted by atomic mass is 16.5. The molecule has 6 nitrogen and oxygen atoms in total. The van der Waals surface area contributed by atoms with Crippen LogP contribution in [0.25, 0.3) is 0 Å².